The lowest BCUT2D eigenvalue weighted by molar-refractivity contribution is -0.123. The Kier molecular flexibility index (Phi) is 4.75. The summed E-state index contributed by atoms with van der Waals surface area (Å²) in [6.45, 7) is 1.81. The maximum absolute atomic E-state index is 11.2. The Labute approximate surface area is 98.8 Å². The summed E-state index contributed by atoms with van der Waals surface area (Å²) in [6, 6.07) is 0. The zero-order valence-corrected chi connectivity index (χ0v) is 10.3. The number of H-pyrrole nitrogens is 1. The van der Waals surface area contributed by atoms with Gasteiger partial charge in [-0.15, -0.1) is 0 Å². The van der Waals surface area contributed by atoms with Crippen molar-refractivity contribution in [3.63, 3.8) is 0 Å². The Morgan fingerprint density at radius 3 is 3.00 bits per heavy atom. The molecule has 16 heavy (non-hydrogen) atoms. The fraction of sp³-hybridized carbons (Fsp3) is 0.667. The number of hydrogen-bond acceptors (Lipinski definition) is 5. The van der Waals surface area contributed by atoms with Crippen LogP contribution in [0, 0.1) is 0 Å². The van der Waals surface area contributed by atoms with Crippen LogP contribution in [0.2, 0.25) is 0 Å². The molecule has 0 saturated heterocycles. The van der Waals surface area contributed by atoms with Crippen molar-refractivity contribution in [2.45, 2.75) is 30.5 Å². The first-order chi connectivity index (χ1) is 7.58. The minimum Gasteiger partial charge on any atom is -0.368 e. The van der Waals surface area contributed by atoms with Gasteiger partial charge < -0.3 is 11.1 Å². The third-order valence-corrected chi connectivity index (χ3v) is 3.51. The van der Waals surface area contributed by atoms with Gasteiger partial charge in [0.2, 0.25) is 5.91 Å². The number of nitrogens with two attached hydrogens (primary N) is 1. The topological polar surface area (TPSA) is 96.7 Å². The molecule has 1 aromatic rings. The van der Waals surface area contributed by atoms with Gasteiger partial charge in [-0.3, -0.25) is 9.89 Å². The van der Waals surface area contributed by atoms with Gasteiger partial charge in [-0.05, 0) is 26.8 Å². The van der Waals surface area contributed by atoms with Crippen LogP contribution in [0.4, 0.5) is 0 Å². The fourth-order valence-electron chi connectivity index (χ4n) is 1.23. The first-order valence-electron chi connectivity index (χ1n) is 5.05. The summed E-state index contributed by atoms with van der Waals surface area (Å²) >= 11 is 1.58. The van der Waals surface area contributed by atoms with E-state index in [0.29, 0.717) is 6.42 Å². The monoisotopic (exact) mass is 243 g/mol. The van der Waals surface area contributed by atoms with E-state index in [4.69, 9.17) is 5.73 Å². The average Bonchev–Trinajstić information content (AvgIpc) is 2.76. The van der Waals surface area contributed by atoms with Crippen LogP contribution in [-0.2, 0) is 4.79 Å². The lowest BCUT2D eigenvalue weighted by Crippen LogP contribution is -2.51. The first kappa shape index (κ1) is 13.0. The molecule has 0 saturated carbocycles. The molecule has 7 heteroatoms. The van der Waals surface area contributed by atoms with Crippen LogP contribution < -0.4 is 11.1 Å². The molecule has 90 valence electrons. The summed E-state index contributed by atoms with van der Waals surface area (Å²) in [7, 11) is 1.74. The first-order valence-corrected chi connectivity index (χ1v) is 6.04. The second-order valence-corrected chi connectivity index (χ2v) is 4.77. The number of amides is 1. The van der Waals surface area contributed by atoms with Gasteiger partial charge in [-0.2, -0.15) is 5.10 Å². The maximum Gasteiger partial charge on any atom is 0.237 e. The molecule has 1 heterocycles. The van der Waals surface area contributed by atoms with E-state index in [1.165, 1.54) is 6.33 Å². The molecule has 1 rings (SSSR count). The minimum absolute atomic E-state index is 0.320. The minimum atomic E-state index is -0.623. The molecule has 1 atom stereocenters. The smallest absolute Gasteiger partial charge is 0.237 e. The third kappa shape index (κ3) is 3.49. The number of hydrogen-bond donors (Lipinski definition) is 3. The summed E-state index contributed by atoms with van der Waals surface area (Å²) in [4.78, 5) is 15.2. The summed E-state index contributed by atoms with van der Waals surface area (Å²) in [5.41, 5.74) is 4.70. The summed E-state index contributed by atoms with van der Waals surface area (Å²) in [5, 5.41) is 10.3. The number of aromatic amines is 1. The number of carbonyl (C=O) groups excluding carboxylic acids is 1. The molecule has 0 spiro atoms. The predicted octanol–water partition coefficient (Wildman–Crippen LogP) is 0.140. The van der Waals surface area contributed by atoms with Gasteiger partial charge in [0, 0.05) is 5.75 Å². The SMILES string of the molecule is CNC(C)(CCCSc1ncn[nH]1)C(N)=O. The van der Waals surface area contributed by atoms with Crippen LogP contribution in [-0.4, -0.2) is 39.4 Å². The van der Waals surface area contributed by atoms with Crippen LogP contribution in [0.5, 0.6) is 0 Å². The van der Waals surface area contributed by atoms with Crippen LogP contribution in [0.25, 0.3) is 0 Å². The van der Waals surface area contributed by atoms with Crippen LogP contribution in [0.1, 0.15) is 19.8 Å². The number of nitrogens with zero attached hydrogens (tertiary/aromatic N) is 2. The van der Waals surface area contributed by atoms with E-state index in [-0.39, 0.29) is 5.91 Å². The van der Waals surface area contributed by atoms with Crippen molar-refractivity contribution in [2.75, 3.05) is 12.8 Å². The van der Waals surface area contributed by atoms with Gasteiger partial charge in [0.05, 0.1) is 5.54 Å². The molecule has 0 aliphatic rings. The van der Waals surface area contributed by atoms with Gasteiger partial charge >= 0.3 is 0 Å². The lowest BCUT2D eigenvalue weighted by Gasteiger charge is -2.25. The molecule has 1 aromatic heterocycles. The summed E-state index contributed by atoms with van der Waals surface area (Å²) in [5.74, 6) is 0.555. The zero-order chi connectivity index (χ0) is 12.0. The highest BCUT2D eigenvalue weighted by Crippen LogP contribution is 2.17. The van der Waals surface area contributed by atoms with Gasteiger partial charge in [-0.1, -0.05) is 11.8 Å². The Balaban J connectivity index is 2.26. The highest BCUT2D eigenvalue weighted by Gasteiger charge is 2.27. The van der Waals surface area contributed by atoms with E-state index in [9.17, 15) is 4.79 Å². The number of primary amides is 1. The van der Waals surface area contributed by atoms with Gasteiger partial charge in [0.25, 0.3) is 0 Å². The molecule has 6 nitrogen and oxygen atoms in total. The Morgan fingerprint density at radius 1 is 1.75 bits per heavy atom. The van der Waals surface area contributed by atoms with Gasteiger partial charge in [0.15, 0.2) is 5.16 Å². The number of aromatic nitrogens is 3. The molecule has 1 amide bonds. The van der Waals surface area contributed by atoms with E-state index in [0.717, 1.165) is 17.3 Å². The number of nitrogens with one attached hydrogen (secondary N) is 2. The number of thioether (sulfide) groups is 1. The van der Waals surface area contributed by atoms with Crippen molar-refractivity contribution in [1.82, 2.24) is 20.5 Å². The van der Waals surface area contributed by atoms with Gasteiger partial charge in [-0.25, -0.2) is 4.98 Å². The largest absolute Gasteiger partial charge is 0.368 e. The quantitative estimate of drug-likeness (QED) is 0.467. The normalized spacial score (nSPS) is 14.6. The summed E-state index contributed by atoms with van der Waals surface area (Å²) in [6.07, 6.45) is 3.06. The fourth-order valence-corrected chi connectivity index (χ4v) is 1.95. The van der Waals surface area contributed by atoms with Crippen molar-refractivity contribution in [3.05, 3.63) is 6.33 Å². The Bertz CT molecular complexity index is 329. The number of likely N-dealkylation sites (N-methyl/N-ethyl adjacent to an activating group) is 1. The molecule has 0 bridgehead atoms. The second-order valence-electron chi connectivity index (χ2n) is 3.69. The lowest BCUT2D eigenvalue weighted by atomic mass is 9.96. The van der Waals surface area contributed by atoms with E-state index in [1.807, 2.05) is 6.92 Å². The van der Waals surface area contributed by atoms with Crippen molar-refractivity contribution in [3.8, 4) is 0 Å². The molecular formula is C9H17N5OS. The van der Waals surface area contributed by atoms with Crippen molar-refractivity contribution in [2.24, 2.45) is 5.73 Å². The standard InChI is InChI=1S/C9H17N5OS/c1-9(11-2,7(10)15)4-3-5-16-8-12-6-13-14-8/h6,11H,3-5H2,1-2H3,(H2,10,15)(H,12,13,14). The third-order valence-electron chi connectivity index (χ3n) is 2.55. The number of carbonyl (C=O) groups is 1. The van der Waals surface area contributed by atoms with Gasteiger partial charge in [0.1, 0.15) is 6.33 Å². The Hall–Kier alpha value is -1.08. The van der Waals surface area contributed by atoms with Crippen LogP contribution >= 0.6 is 11.8 Å². The Morgan fingerprint density at radius 2 is 2.50 bits per heavy atom. The van der Waals surface area contributed by atoms with Crippen molar-refractivity contribution < 1.29 is 4.79 Å². The van der Waals surface area contributed by atoms with Crippen LogP contribution in [0.3, 0.4) is 0 Å². The second kappa shape index (κ2) is 5.86. The summed E-state index contributed by atoms with van der Waals surface area (Å²) < 4.78 is 0. The van der Waals surface area contributed by atoms with Crippen molar-refractivity contribution >= 4 is 17.7 Å². The highest BCUT2D eigenvalue weighted by atomic mass is 32.2. The van der Waals surface area contributed by atoms with E-state index < -0.39 is 5.54 Å². The molecule has 0 fully saturated rings. The van der Waals surface area contributed by atoms with Crippen LogP contribution in [0.15, 0.2) is 11.5 Å². The maximum atomic E-state index is 11.2. The predicted molar refractivity (Wildman–Crippen MR) is 63.0 cm³/mol. The molecule has 1 unspecified atom stereocenters. The molecular weight excluding hydrogens is 226 g/mol. The molecule has 4 N–H and O–H groups in total. The molecule has 0 aromatic carbocycles. The van der Waals surface area contributed by atoms with E-state index in [1.54, 1.807) is 18.8 Å². The average molecular weight is 243 g/mol. The van der Waals surface area contributed by atoms with Crippen molar-refractivity contribution in [1.29, 1.82) is 0 Å². The molecule has 0 aliphatic carbocycles. The van der Waals surface area contributed by atoms with E-state index in [2.05, 4.69) is 20.5 Å². The number of rotatable bonds is 7. The zero-order valence-electron chi connectivity index (χ0n) is 9.49. The molecule has 0 radical (unpaired) electrons. The highest BCUT2D eigenvalue weighted by molar-refractivity contribution is 7.99. The molecule has 0 aliphatic heterocycles. The van der Waals surface area contributed by atoms with E-state index >= 15 is 0 Å².